The summed E-state index contributed by atoms with van der Waals surface area (Å²) in [7, 11) is 1.80. The van der Waals surface area contributed by atoms with Gasteiger partial charge in [0.15, 0.2) is 0 Å². The summed E-state index contributed by atoms with van der Waals surface area (Å²) >= 11 is 0. The van der Waals surface area contributed by atoms with Crippen molar-refractivity contribution in [2.75, 3.05) is 6.61 Å². The summed E-state index contributed by atoms with van der Waals surface area (Å²) in [6, 6.07) is 0. The van der Waals surface area contributed by atoms with Gasteiger partial charge in [-0.25, -0.2) is 4.79 Å². The molecule has 20 heavy (non-hydrogen) atoms. The second kappa shape index (κ2) is 5.20. The third kappa shape index (κ3) is 2.14. The number of hydrogen-bond acceptors (Lipinski definition) is 4. The van der Waals surface area contributed by atoms with Gasteiger partial charge in [-0.2, -0.15) is 5.10 Å². The van der Waals surface area contributed by atoms with Crippen LogP contribution in [-0.4, -0.2) is 34.6 Å². The largest absolute Gasteiger partial charge is 0.458 e. The van der Waals surface area contributed by atoms with E-state index in [4.69, 9.17) is 9.47 Å². The van der Waals surface area contributed by atoms with E-state index in [1.807, 2.05) is 6.92 Å². The first kappa shape index (κ1) is 13.6. The molecule has 0 bridgehead atoms. The number of aryl methyl sites for hydroxylation is 1. The molecule has 0 saturated heterocycles. The van der Waals surface area contributed by atoms with Gasteiger partial charge in [0.1, 0.15) is 6.10 Å². The van der Waals surface area contributed by atoms with Crippen molar-refractivity contribution in [1.29, 1.82) is 0 Å². The van der Waals surface area contributed by atoms with Crippen LogP contribution in [-0.2, 0) is 16.5 Å². The zero-order chi connectivity index (χ0) is 14.2. The van der Waals surface area contributed by atoms with Crippen LogP contribution in [0.5, 0.6) is 0 Å². The van der Waals surface area contributed by atoms with Crippen molar-refractivity contribution in [3.63, 3.8) is 0 Å². The Bertz CT molecular complexity index is 491. The predicted octanol–water partition coefficient (Wildman–Crippen LogP) is 2.31. The first-order valence-electron chi connectivity index (χ1n) is 7.47. The molecule has 110 valence electrons. The molecule has 0 radical (unpaired) electrons. The van der Waals surface area contributed by atoms with Gasteiger partial charge in [-0.3, -0.25) is 4.68 Å². The number of rotatable bonds is 4. The average Bonchev–Trinajstić information content (AvgIpc) is 3.07. The molecule has 2 fully saturated rings. The lowest BCUT2D eigenvalue weighted by Gasteiger charge is -2.52. The van der Waals surface area contributed by atoms with Gasteiger partial charge in [0.2, 0.25) is 0 Å². The fourth-order valence-electron chi connectivity index (χ4n) is 3.71. The van der Waals surface area contributed by atoms with E-state index in [-0.39, 0.29) is 23.6 Å². The molecular formula is C15H22N2O3. The van der Waals surface area contributed by atoms with E-state index < -0.39 is 0 Å². The summed E-state index contributed by atoms with van der Waals surface area (Å²) in [4.78, 5) is 12.1. The molecule has 1 heterocycles. The Morgan fingerprint density at radius 1 is 1.45 bits per heavy atom. The van der Waals surface area contributed by atoms with E-state index in [1.54, 1.807) is 24.1 Å². The van der Waals surface area contributed by atoms with Gasteiger partial charge < -0.3 is 9.47 Å². The van der Waals surface area contributed by atoms with Crippen LogP contribution < -0.4 is 0 Å². The first-order valence-corrected chi connectivity index (χ1v) is 7.47. The van der Waals surface area contributed by atoms with Crippen molar-refractivity contribution in [2.45, 2.75) is 51.2 Å². The summed E-state index contributed by atoms with van der Waals surface area (Å²) in [6.07, 6.45) is 9.01. The summed E-state index contributed by atoms with van der Waals surface area (Å²) in [6.45, 7) is 2.76. The molecule has 0 aromatic carbocycles. The Labute approximate surface area is 119 Å². The maximum atomic E-state index is 12.1. The summed E-state index contributed by atoms with van der Waals surface area (Å²) in [5.74, 6) is -0.260. The number of esters is 1. The minimum Gasteiger partial charge on any atom is -0.458 e. The number of carbonyl (C=O) groups excluding carboxylic acids is 1. The standard InChI is InChI=1S/C15H22N2O3/c1-3-19-12-8-13(15(12)6-4-5-7-15)20-14(18)11-9-16-17(2)10-11/h9-10,12-13H,3-8H2,1-2H3/t12-,13-/m0/s1. The smallest absolute Gasteiger partial charge is 0.341 e. The quantitative estimate of drug-likeness (QED) is 0.793. The van der Waals surface area contributed by atoms with Crippen molar-refractivity contribution in [1.82, 2.24) is 9.78 Å². The van der Waals surface area contributed by atoms with Crippen LogP contribution in [0.4, 0.5) is 0 Å². The van der Waals surface area contributed by atoms with Crippen LogP contribution in [0.3, 0.4) is 0 Å². The third-order valence-corrected chi connectivity index (χ3v) is 4.80. The second-order valence-electron chi connectivity index (χ2n) is 5.92. The fourth-order valence-corrected chi connectivity index (χ4v) is 3.71. The van der Waals surface area contributed by atoms with Gasteiger partial charge in [-0.05, 0) is 19.8 Å². The monoisotopic (exact) mass is 278 g/mol. The molecular weight excluding hydrogens is 256 g/mol. The second-order valence-corrected chi connectivity index (χ2v) is 5.92. The van der Waals surface area contributed by atoms with Crippen molar-refractivity contribution in [3.05, 3.63) is 18.0 Å². The number of aromatic nitrogens is 2. The van der Waals surface area contributed by atoms with Gasteiger partial charge in [0.05, 0.1) is 17.9 Å². The SMILES string of the molecule is CCO[C@H]1C[C@H](OC(=O)c2cnn(C)c2)C12CCCC2. The lowest BCUT2D eigenvalue weighted by molar-refractivity contribution is -0.188. The zero-order valence-electron chi connectivity index (χ0n) is 12.2. The highest BCUT2D eigenvalue weighted by molar-refractivity contribution is 5.89. The normalized spacial score (nSPS) is 27.5. The molecule has 1 aromatic rings. The molecule has 2 aliphatic carbocycles. The predicted molar refractivity (Wildman–Crippen MR) is 73.3 cm³/mol. The Kier molecular flexibility index (Phi) is 3.54. The van der Waals surface area contributed by atoms with E-state index in [0.29, 0.717) is 5.56 Å². The van der Waals surface area contributed by atoms with Crippen molar-refractivity contribution >= 4 is 5.97 Å². The maximum Gasteiger partial charge on any atom is 0.341 e. The average molecular weight is 278 g/mol. The summed E-state index contributed by atoms with van der Waals surface area (Å²) in [5, 5.41) is 4.01. The molecule has 0 amide bonds. The molecule has 2 atom stereocenters. The molecule has 0 N–H and O–H groups in total. The lowest BCUT2D eigenvalue weighted by Crippen LogP contribution is -2.58. The molecule has 1 aromatic heterocycles. The fraction of sp³-hybridized carbons (Fsp3) is 0.733. The van der Waals surface area contributed by atoms with Crippen LogP contribution in [0, 0.1) is 5.41 Å². The van der Waals surface area contributed by atoms with Crippen LogP contribution >= 0.6 is 0 Å². The molecule has 2 aliphatic rings. The molecule has 1 spiro atoms. The molecule has 0 unspecified atom stereocenters. The van der Waals surface area contributed by atoms with Gasteiger partial charge in [-0.15, -0.1) is 0 Å². The Morgan fingerprint density at radius 3 is 2.80 bits per heavy atom. The summed E-state index contributed by atoms with van der Waals surface area (Å²) in [5.41, 5.74) is 0.606. The van der Waals surface area contributed by atoms with Crippen LogP contribution in [0.25, 0.3) is 0 Å². The third-order valence-electron chi connectivity index (χ3n) is 4.80. The highest BCUT2D eigenvalue weighted by atomic mass is 16.6. The highest BCUT2D eigenvalue weighted by Gasteiger charge is 2.58. The van der Waals surface area contributed by atoms with Gasteiger partial charge in [0, 0.05) is 31.7 Å². The number of hydrogen-bond donors (Lipinski definition) is 0. The Balaban J connectivity index is 1.67. The first-order chi connectivity index (χ1) is 9.65. The topological polar surface area (TPSA) is 53.4 Å². The van der Waals surface area contributed by atoms with Gasteiger partial charge >= 0.3 is 5.97 Å². The number of nitrogens with zero attached hydrogens (tertiary/aromatic N) is 2. The highest BCUT2D eigenvalue weighted by Crippen LogP contribution is 2.56. The molecule has 3 rings (SSSR count). The number of ether oxygens (including phenoxy) is 2. The summed E-state index contributed by atoms with van der Waals surface area (Å²) < 4.78 is 13.2. The van der Waals surface area contributed by atoms with Crippen molar-refractivity contribution in [3.8, 4) is 0 Å². The van der Waals surface area contributed by atoms with Crippen LogP contribution in [0.1, 0.15) is 49.4 Å². The van der Waals surface area contributed by atoms with Crippen molar-refractivity contribution in [2.24, 2.45) is 12.5 Å². The zero-order valence-corrected chi connectivity index (χ0v) is 12.2. The van der Waals surface area contributed by atoms with E-state index in [2.05, 4.69) is 5.10 Å². The van der Waals surface area contributed by atoms with Gasteiger partial charge in [0.25, 0.3) is 0 Å². The van der Waals surface area contributed by atoms with Crippen LogP contribution in [0.15, 0.2) is 12.4 Å². The van der Waals surface area contributed by atoms with Crippen LogP contribution in [0.2, 0.25) is 0 Å². The minimum atomic E-state index is -0.260. The molecule has 5 nitrogen and oxygen atoms in total. The minimum absolute atomic E-state index is 0.00857. The van der Waals surface area contributed by atoms with Gasteiger partial charge in [-0.1, -0.05) is 12.8 Å². The number of carbonyl (C=O) groups is 1. The van der Waals surface area contributed by atoms with E-state index in [0.717, 1.165) is 25.9 Å². The van der Waals surface area contributed by atoms with E-state index >= 15 is 0 Å². The maximum absolute atomic E-state index is 12.1. The Hall–Kier alpha value is -1.36. The lowest BCUT2D eigenvalue weighted by atomic mass is 9.62. The van der Waals surface area contributed by atoms with E-state index in [1.165, 1.54) is 12.8 Å². The molecule has 5 heteroatoms. The van der Waals surface area contributed by atoms with E-state index in [9.17, 15) is 4.79 Å². The Morgan fingerprint density at radius 2 is 2.20 bits per heavy atom. The molecule has 0 aliphatic heterocycles. The molecule has 2 saturated carbocycles. The van der Waals surface area contributed by atoms with Crippen molar-refractivity contribution < 1.29 is 14.3 Å².